The smallest absolute Gasteiger partial charge is 0.330 e. The maximum absolute atomic E-state index is 13.9. The molecule has 0 spiro atoms. The average Bonchev–Trinajstić information content (AvgIpc) is 3.27. The van der Waals surface area contributed by atoms with Crippen LogP contribution in [-0.4, -0.2) is 22.1 Å². The molecule has 3 rings (SSSR count). The number of hydrogen-bond donors (Lipinski definition) is 1. The van der Waals surface area contributed by atoms with Crippen molar-refractivity contribution in [3.63, 3.8) is 0 Å². The van der Waals surface area contributed by atoms with Gasteiger partial charge in [-0.2, -0.15) is 18.3 Å². The number of thiophene rings is 1. The van der Waals surface area contributed by atoms with Crippen LogP contribution in [0.15, 0.2) is 41.9 Å². The molecule has 0 saturated heterocycles. The fourth-order valence-electron chi connectivity index (χ4n) is 3.23. The zero-order chi connectivity index (χ0) is 21.2. The number of nitrogens with zero attached hydrogens (tertiary/aromatic N) is 2. The van der Waals surface area contributed by atoms with Crippen LogP contribution in [0.1, 0.15) is 27.2 Å². The number of carbonyl (C=O) groups excluding carboxylic acids is 1. The molecule has 0 bridgehead atoms. The zero-order valence-corrected chi connectivity index (χ0v) is 16.4. The van der Waals surface area contributed by atoms with E-state index in [2.05, 4.69) is 5.10 Å². The van der Waals surface area contributed by atoms with E-state index in [9.17, 15) is 22.4 Å². The number of halogens is 4. The van der Waals surface area contributed by atoms with Gasteiger partial charge < -0.3 is 5.73 Å². The van der Waals surface area contributed by atoms with Gasteiger partial charge in [0, 0.05) is 24.4 Å². The van der Waals surface area contributed by atoms with Crippen LogP contribution in [0.25, 0.3) is 11.3 Å². The summed E-state index contributed by atoms with van der Waals surface area (Å²) in [4.78, 5) is 13.1. The quantitative estimate of drug-likeness (QED) is 0.441. The van der Waals surface area contributed by atoms with Crippen molar-refractivity contribution in [2.75, 3.05) is 6.54 Å². The number of ketones is 1. The number of Topliss-reactive ketones (excluding diaryl/α,β-unsaturated/α-hetero) is 1. The van der Waals surface area contributed by atoms with E-state index >= 15 is 0 Å². The number of rotatable bonds is 7. The highest BCUT2D eigenvalue weighted by Gasteiger charge is 2.33. The van der Waals surface area contributed by atoms with Crippen LogP contribution in [0.5, 0.6) is 0 Å². The third kappa shape index (κ3) is 4.73. The van der Waals surface area contributed by atoms with Gasteiger partial charge in [0.05, 0.1) is 16.6 Å². The summed E-state index contributed by atoms with van der Waals surface area (Å²) in [5.74, 6) is -1.17. The van der Waals surface area contributed by atoms with E-state index in [0.717, 1.165) is 23.6 Å². The number of benzene rings is 1. The molecule has 0 amide bonds. The second kappa shape index (κ2) is 8.46. The first-order chi connectivity index (χ1) is 13.7. The fourth-order valence-corrected chi connectivity index (χ4v) is 4.07. The van der Waals surface area contributed by atoms with Crippen LogP contribution in [0.2, 0.25) is 0 Å². The predicted molar refractivity (Wildman–Crippen MR) is 103 cm³/mol. The van der Waals surface area contributed by atoms with Crippen molar-refractivity contribution in [2.45, 2.75) is 19.0 Å². The molecule has 0 radical (unpaired) electrons. The van der Waals surface area contributed by atoms with Crippen molar-refractivity contribution in [1.29, 1.82) is 0 Å². The van der Waals surface area contributed by atoms with Crippen LogP contribution in [-0.2, 0) is 19.6 Å². The lowest BCUT2D eigenvalue weighted by atomic mass is 9.91. The van der Waals surface area contributed by atoms with Crippen molar-refractivity contribution < 1.29 is 22.4 Å². The molecule has 2 aromatic heterocycles. The summed E-state index contributed by atoms with van der Waals surface area (Å²) >= 11 is 1.16. The number of hydrogen-bond acceptors (Lipinski definition) is 4. The third-order valence-corrected chi connectivity index (χ3v) is 5.65. The van der Waals surface area contributed by atoms with E-state index in [-0.39, 0.29) is 36.4 Å². The molecule has 0 saturated carbocycles. The number of alkyl halides is 3. The summed E-state index contributed by atoms with van der Waals surface area (Å²) in [5.41, 5.74) is 5.95. The summed E-state index contributed by atoms with van der Waals surface area (Å²) in [7, 11) is 1.60. The Labute approximate surface area is 169 Å². The summed E-state index contributed by atoms with van der Waals surface area (Å²) in [6, 6.07) is 6.88. The Morgan fingerprint density at radius 1 is 1.31 bits per heavy atom. The Bertz CT molecular complexity index is 990. The molecule has 0 unspecified atom stereocenters. The fraction of sp³-hybridized carbons (Fsp3) is 0.300. The first-order valence-corrected chi connectivity index (χ1v) is 9.73. The molecule has 0 aliphatic carbocycles. The van der Waals surface area contributed by atoms with Crippen molar-refractivity contribution >= 4 is 17.1 Å². The van der Waals surface area contributed by atoms with Gasteiger partial charge >= 0.3 is 6.18 Å². The summed E-state index contributed by atoms with van der Waals surface area (Å²) in [5, 5.41) is 5.49. The van der Waals surface area contributed by atoms with Gasteiger partial charge in [-0.05, 0) is 36.6 Å². The molecule has 2 heterocycles. The van der Waals surface area contributed by atoms with E-state index in [1.165, 1.54) is 22.9 Å². The van der Waals surface area contributed by atoms with Gasteiger partial charge in [0.25, 0.3) is 0 Å². The number of aromatic nitrogens is 2. The second-order valence-corrected chi connectivity index (χ2v) is 7.66. The lowest BCUT2D eigenvalue weighted by molar-refractivity contribution is -0.138. The molecule has 1 atom stereocenters. The van der Waals surface area contributed by atoms with Gasteiger partial charge in [-0.15, -0.1) is 11.3 Å². The minimum absolute atomic E-state index is 0.0104. The lowest BCUT2D eigenvalue weighted by Crippen LogP contribution is -2.22. The highest BCUT2D eigenvalue weighted by Crippen LogP contribution is 2.34. The van der Waals surface area contributed by atoms with Crippen molar-refractivity contribution in [1.82, 2.24) is 9.78 Å². The third-order valence-electron chi connectivity index (χ3n) is 4.68. The number of carbonyl (C=O) groups is 1. The maximum Gasteiger partial charge on any atom is 0.416 e. The van der Waals surface area contributed by atoms with Gasteiger partial charge in [-0.25, -0.2) is 4.39 Å². The Morgan fingerprint density at radius 3 is 2.66 bits per heavy atom. The van der Waals surface area contributed by atoms with E-state index in [4.69, 9.17) is 5.73 Å². The molecule has 4 nitrogen and oxygen atoms in total. The monoisotopic (exact) mass is 425 g/mol. The van der Waals surface area contributed by atoms with Crippen LogP contribution < -0.4 is 5.73 Å². The normalized spacial score (nSPS) is 12.9. The Morgan fingerprint density at radius 2 is 2.03 bits per heavy atom. The molecule has 0 aliphatic rings. The first-order valence-electron chi connectivity index (χ1n) is 8.85. The molecule has 1 aromatic carbocycles. The van der Waals surface area contributed by atoms with Crippen molar-refractivity contribution in [3.05, 3.63) is 63.7 Å². The van der Waals surface area contributed by atoms with E-state index < -0.39 is 23.5 Å². The van der Waals surface area contributed by atoms with E-state index in [1.54, 1.807) is 18.5 Å². The minimum atomic E-state index is -4.46. The molecule has 0 fully saturated rings. The molecule has 9 heteroatoms. The molecule has 2 N–H and O–H groups in total. The predicted octanol–water partition coefficient (Wildman–Crippen LogP) is 4.70. The van der Waals surface area contributed by atoms with Crippen LogP contribution in [0, 0.1) is 11.7 Å². The topological polar surface area (TPSA) is 60.9 Å². The summed E-state index contributed by atoms with van der Waals surface area (Å²) < 4.78 is 54.8. The van der Waals surface area contributed by atoms with E-state index in [1.807, 2.05) is 0 Å². The highest BCUT2D eigenvalue weighted by molar-refractivity contribution is 7.12. The number of nitrogens with two attached hydrogens (primary N) is 1. The zero-order valence-electron chi connectivity index (χ0n) is 15.5. The molecule has 29 heavy (non-hydrogen) atoms. The molecular weight excluding hydrogens is 406 g/mol. The van der Waals surface area contributed by atoms with Gasteiger partial charge in [-0.3, -0.25) is 9.48 Å². The average molecular weight is 425 g/mol. The minimum Gasteiger partial charge on any atom is -0.330 e. The maximum atomic E-state index is 13.9. The largest absolute Gasteiger partial charge is 0.416 e. The van der Waals surface area contributed by atoms with Crippen LogP contribution >= 0.6 is 11.3 Å². The Kier molecular flexibility index (Phi) is 6.18. The van der Waals surface area contributed by atoms with Gasteiger partial charge in [-0.1, -0.05) is 18.2 Å². The highest BCUT2D eigenvalue weighted by atomic mass is 32.1. The first kappa shape index (κ1) is 21.2. The van der Waals surface area contributed by atoms with Crippen molar-refractivity contribution in [3.8, 4) is 11.3 Å². The van der Waals surface area contributed by atoms with Gasteiger partial charge in [0.15, 0.2) is 11.6 Å². The van der Waals surface area contributed by atoms with E-state index in [0.29, 0.717) is 10.4 Å². The Hall–Kier alpha value is -2.52. The lowest BCUT2D eigenvalue weighted by Gasteiger charge is -2.17. The Balaban J connectivity index is 1.75. The standard InChI is InChI=1S/C20H19F4N3OS/c1-27-19(16(21)10-26-27)14-8-18(29-11-14)17(28)7-12(9-25)6-13-4-2-3-5-15(13)20(22,23)24/h2-5,8,10-12H,6-7,9,25H2,1H3/t12-/m1/s1. The van der Waals surface area contributed by atoms with Gasteiger partial charge in [0.1, 0.15) is 5.69 Å². The van der Waals surface area contributed by atoms with Gasteiger partial charge in [0.2, 0.25) is 0 Å². The molecule has 0 aliphatic heterocycles. The summed E-state index contributed by atoms with van der Waals surface area (Å²) in [6.45, 7) is 0.0759. The van der Waals surface area contributed by atoms with Crippen LogP contribution in [0.4, 0.5) is 17.6 Å². The SMILES string of the molecule is Cn1ncc(F)c1-c1csc(C(=O)C[C@H](CN)Cc2ccccc2C(F)(F)F)c1. The second-order valence-electron chi connectivity index (χ2n) is 6.75. The molecule has 3 aromatic rings. The van der Waals surface area contributed by atoms with Crippen molar-refractivity contribution in [2.24, 2.45) is 18.7 Å². The summed E-state index contributed by atoms with van der Waals surface area (Å²) in [6.07, 6.45) is -3.31. The van der Waals surface area contributed by atoms with Crippen LogP contribution in [0.3, 0.4) is 0 Å². The number of aryl methyl sites for hydroxylation is 1. The molecular formula is C20H19F4N3OS. The molecule has 154 valence electrons.